The Morgan fingerprint density at radius 2 is 1.80 bits per heavy atom. The molecule has 0 radical (unpaired) electrons. The van der Waals surface area contributed by atoms with E-state index in [2.05, 4.69) is 42.8 Å². The number of nitrogens with zero attached hydrogens (tertiary/aromatic N) is 8. The zero-order valence-electron chi connectivity index (χ0n) is 14.2. The van der Waals surface area contributed by atoms with Gasteiger partial charge in [-0.25, -0.2) is 9.97 Å². The summed E-state index contributed by atoms with van der Waals surface area (Å²) in [4.78, 5) is 17.6. The smallest absolute Gasteiger partial charge is 0.254 e. The Kier molecular flexibility index (Phi) is 3.69. The van der Waals surface area contributed by atoms with E-state index in [1.165, 1.54) is 6.33 Å². The van der Waals surface area contributed by atoms with Crippen LogP contribution >= 0.6 is 0 Å². The van der Waals surface area contributed by atoms with Gasteiger partial charge in [0, 0.05) is 37.4 Å². The van der Waals surface area contributed by atoms with Crippen molar-refractivity contribution in [1.82, 2.24) is 24.6 Å². The molecule has 3 aromatic heterocycles. The van der Waals surface area contributed by atoms with Gasteiger partial charge in [-0.15, -0.1) is 0 Å². The predicted octanol–water partition coefficient (Wildman–Crippen LogP) is 1.33. The Bertz CT molecular complexity index is 962. The van der Waals surface area contributed by atoms with Crippen molar-refractivity contribution in [2.24, 2.45) is 0 Å². The highest BCUT2D eigenvalue weighted by Gasteiger charge is 2.23. The molecule has 25 heavy (non-hydrogen) atoms. The van der Waals surface area contributed by atoms with Crippen molar-refractivity contribution in [3.63, 3.8) is 0 Å². The number of hydrogen-bond acceptors (Lipinski definition) is 7. The molecule has 0 saturated carbocycles. The highest BCUT2D eigenvalue weighted by Crippen LogP contribution is 2.24. The van der Waals surface area contributed by atoms with Crippen LogP contribution in [0.15, 0.2) is 24.5 Å². The molecular formula is C17H18N8. The number of pyridine rings is 1. The van der Waals surface area contributed by atoms with Gasteiger partial charge in [0.2, 0.25) is 0 Å². The largest absolute Gasteiger partial charge is 0.353 e. The van der Waals surface area contributed by atoms with Gasteiger partial charge in [-0.2, -0.15) is 19.9 Å². The summed E-state index contributed by atoms with van der Waals surface area (Å²) < 4.78 is 1.81. The number of nitriles is 1. The van der Waals surface area contributed by atoms with Crippen molar-refractivity contribution < 1.29 is 0 Å². The van der Waals surface area contributed by atoms with Crippen molar-refractivity contribution in [1.29, 1.82) is 5.26 Å². The van der Waals surface area contributed by atoms with Crippen molar-refractivity contribution in [3.8, 4) is 6.07 Å². The van der Waals surface area contributed by atoms with E-state index in [9.17, 15) is 0 Å². The van der Waals surface area contributed by atoms with Crippen LogP contribution in [-0.2, 0) is 0 Å². The molecule has 3 aromatic rings. The molecule has 8 nitrogen and oxygen atoms in total. The molecule has 0 atom stereocenters. The number of piperazine rings is 1. The molecule has 0 bridgehead atoms. The van der Waals surface area contributed by atoms with E-state index in [1.807, 2.05) is 23.6 Å². The van der Waals surface area contributed by atoms with Crippen LogP contribution in [-0.4, -0.2) is 50.7 Å². The van der Waals surface area contributed by atoms with Gasteiger partial charge >= 0.3 is 0 Å². The van der Waals surface area contributed by atoms with Crippen molar-refractivity contribution in [3.05, 3.63) is 41.5 Å². The number of aromatic nitrogens is 5. The Labute approximate surface area is 145 Å². The van der Waals surface area contributed by atoms with Gasteiger partial charge < -0.3 is 9.80 Å². The fourth-order valence-corrected chi connectivity index (χ4v) is 3.20. The van der Waals surface area contributed by atoms with Gasteiger partial charge in [0.1, 0.15) is 29.7 Å². The maximum atomic E-state index is 9.03. The normalized spacial score (nSPS) is 14.8. The second-order valence-corrected chi connectivity index (χ2v) is 6.08. The maximum absolute atomic E-state index is 9.03. The molecule has 4 heterocycles. The third-order valence-electron chi connectivity index (χ3n) is 4.63. The molecule has 0 unspecified atom stereocenters. The average molecular weight is 334 g/mol. The van der Waals surface area contributed by atoms with E-state index in [0.29, 0.717) is 11.5 Å². The van der Waals surface area contributed by atoms with Gasteiger partial charge in [-0.3, -0.25) is 0 Å². The summed E-state index contributed by atoms with van der Waals surface area (Å²) in [5.41, 5.74) is 2.54. The molecule has 1 fully saturated rings. The van der Waals surface area contributed by atoms with Crippen LogP contribution in [0.1, 0.15) is 17.0 Å². The average Bonchev–Trinajstić information content (AvgIpc) is 3.10. The monoisotopic (exact) mass is 334 g/mol. The first-order chi connectivity index (χ1) is 12.2. The molecule has 8 heteroatoms. The Hall–Kier alpha value is -3.21. The van der Waals surface area contributed by atoms with E-state index >= 15 is 0 Å². The fourth-order valence-electron chi connectivity index (χ4n) is 3.20. The quantitative estimate of drug-likeness (QED) is 0.699. The summed E-state index contributed by atoms with van der Waals surface area (Å²) in [5, 5.41) is 13.4. The van der Waals surface area contributed by atoms with Gasteiger partial charge in [-0.05, 0) is 26.0 Å². The molecule has 0 spiro atoms. The van der Waals surface area contributed by atoms with E-state index in [-0.39, 0.29) is 0 Å². The first kappa shape index (κ1) is 15.3. The summed E-state index contributed by atoms with van der Waals surface area (Å²) in [6.45, 7) is 7.43. The van der Waals surface area contributed by atoms with Gasteiger partial charge in [0.15, 0.2) is 0 Å². The summed E-state index contributed by atoms with van der Waals surface area (Å²) >= 11 is 0. The van der Waals surface area contributed by atoms with Crippen LogP contribution in [0.25, 0.3) is 5.78 Å². The number of anilines is 2. The lowest BCUT2D eigenvalue weighted by Crippen LogP contribution is -2.47. The van der Waals surface area contributed by atoms with Crippen LogP contribution in [0.5, 0.6) is 0 Å². The van der Waals surface area contributed by atoms with Crippen LogP contribution in [0.2, 0.25) is 0 Å². The van der Waals surface area contributed by atoms with Crippen LogP contribution in [0.3, 0.4) is 0 Å². The predicted molar refractivity (Wildman–Crippen MR) is 93.6 cm³/mol. The van der Waals surface area contributed by atoms with E-state index in [1.54, 1.807) is 6.07 Å². The zero-order chi connectivity index (χ0) is 17.4. The molecule has 126 valence electrons. The van der Waals surface area contributed by atoms with Gasteiger partial charge in [0.25, 0.3) is 5.78 Å². The summed E-state index contributed by atoms with van der Waals surface area (Å²) in [6.07, 6.45) is 1.54. The lowest BCUT2D eigenvalue weighted by atomic mass is 10.2. The molecule has 0 aromatic carbocycles. The minimum Gasteiger partial charge on any atom is -0.353 e. The Balaban J connectivity index is 1.59. The number of fused-ring (bicyclic) bond motifs is 1. The first-order valence-corrected chi connectivity index (χ1v) is 8.21. The summed E-state index contributed by atoms with van der Waals surface area (Å²) in [5.74, 6) is 2.54. The molecule has 4 rings (SSSR count). The lowest BCUT2D eigenvalue weighted by Gasteiger charge is -2.37. The first-order valence-electron chi connectivity index (χ1n) is 8.21. The number of rotatable bonds is 2. The topological polar surface area (TPSA) is 86.2 Å². The minimum atomic E-state index is 0.449. The third kappa shape index (κ3) is 2.63. The molecule has 1 saturated heterocycles. The number of hydrogen-bond donors (Lipinski definition) is 0. The third-order valence-corrected chi connectivity index (χ3v) is 4.63. The molecule has 1 aliphatic heterocycles. The summed E-state index contributed by atoms with van der Waals surface area (Å²) in [6, 6.07) is 7.65. The molecule has 1 aliphatic rings. The maximum Gasteiger partial charge on any atom is 0.254 e. The Morgan fingerprint density at radius 1 is 1.04 bits per heavy atom. The van der Waals surface area contributed by atoms with E-state index < -0.39 is 0 Å². The second kappa shape index (κ2) is 6.02. The highest BCUT2D eigenvalue weighted by atomic mass is 15.4. The van der Waals surface area contributed by atoms with Crippen LogP contribution in [0, 0.1) is 25.2 Å². The lowest BCUT2D eigenvalue weighted by molar-refractivity contribution is 0.631. The van der Waals surface area contributed by atoms with Crippen molar-refractivity contribution in [2.75, 3.05) is 36.0 Å². The number of aryl methyl sites for hydroxylation is 1. The van der Waals surface area contributed by atoms with Gasteiger partial charge in [0.05, 0.1) is 0 Å². The van der Waals surface area contributed by atoms with Crippen molar-refractivity contribution in [2.45, 2.75) is 13.8 Å². The second-order valence-electron chi connectivity index (χ2n) is 6.08. The van der Waals surface area contributed by atoms with Crippen LogP contribution < -0.4 is 9.80 Å². The fraction of sp³-hybridized carbons (Fsp3) is 0.353. The Morgan fingerprint density at radius 3 is 2.56 bits per heavy atom. The molecular weight excluding hydrogens is 316 g/mol. The molecule has 0 amide bonds. The minimum absolute atomic E-state index is 0.449. The summed E-state index contributed by atoms with van der Waals surface area (Å²) in [7, 11) is 0. The zero-order valence-corrected chi connectivity index (χ0v) is 14.2. The standard InChI is InChI=1S/C17H18N8/c1-12-13(2)21-17-19-11-20-25(17)16(12)24-8-6-23(7-9-24)15-5-3-4-14(10-18)22-15/h3-5,11H,6-9H2,1-2H3. The van der Waals surface area contributed by atoms with E-state index in [0.717, 1.165) is 49.1 Å². The SMILES string of the molecule is Cc1nc2ncnn2c(N2CCN(c3cccc(C#N)n3)CC2)c1C. The highest BCUT2D eigenvalue weighted by molar-refractivity contribution is 5.55. The van der Waals surface area contributed by atoms with Gasteiger partial charge in [-0.1, -0.05) is 6.07 Å². The van der Waals surface area contributed by atoms with Crippen LogP contribution in [0.4, 0.5) is 11.6 Å². The van der Waals surface area contributed by atoms with E-state index in [4.69, 9.17) is 5.26 Å². The molecule has 0 N–H and O–H groups in total. The molecule has 0 aliphatic carbocycles. The van der Waals surface area contributed by atoms with Crippen molar-refractivity contribution >= 4 is 17.4 Å².